The minimum absolute atomic E-state index is 0.171. The van der Waals surface area contributed by atoms with Crippen molar-refractivity contribution in [2.24, 2.45) is 0 Å². The number of piperazine rings is 1. The van der Waals surface area contributed by atoms with Crippen molar-refractivity contribution >= 4 is 44.5 Å². The van der Waals surface area contributed by atoms with Gasteiger partial charge in [0, 0.05) is 37.6 Å². The largest absolute Gasteiger partial charge is 0.325 e. The fourth-order valence-corrected chi connectivity index (χ4v) is 5.57. The lowest BCUT2D eigenvalue weighted by Gasteiger charge is -2.33. The molecule has 0 bridgehead atoms. The van der Waals surface area contributed by atoms with Crippen molar-refractivity contribution in [2.75, 3.05) is 43.4 Å². The molecule has 1 aliphatic heterocycles. The summed E-state index contributed by atoms with van der Waals surface area (Å²) in [6, 6.07) is 18.9. The van der Waals surface area contributed by atoms with E-state index in [4.69, 9.17) is 0 Å². The summed E-state index contributed by atoms with van der Waals surface area (Å²) >= 11 is 1.37. The number of hydrogen-bond donors (Lipinski definition) is 2. The Bertz CT molecular complexity index is 1190. The topological polar surface area (TPSA) is 98.8 Å². The highest BCUT2D eigenvalue weighted by atomic mass is 32.2. The van der Waals surface area contributed by atoms with Gasteiger partial charge >= 0.3 is 0 Å². The second kappa shape index (κ2) is 10.3. The number of amides is 2. The van der Waals surface area contributed by atoms with Gasteiger partial charge < -0.3 is 10.6 Å². The van der Waals surface area contributed by atoms with Crippen molar-refractivity contribution in [3.8, 4) is 0 Å². The molecule has 2 aromatic carbocycles. The van der Waals surface area contributed by atoms with Crippen molar-refractivity contribution in [3.05, 3.63) is 77.0 Å². The number of benzene rings is 2. The van der Waals surface area contributed by atoms with Gasteiger partial charge in [0.15, 0.2) is 0 Å². The van der Waals surface area contributed by atoms with Crippen molar-refractivity contribution in [1.82, 2.24) is 9.21 Å². The van der Waals surface area contributed by atoms with Crippen molar-refractivity contribution in [1.29, 1.82) is 0 Å². The van der Waals surface area contributed by atoms with E-state index in [-0.39, 0.29) is 23.3 Å². The number of anilines is 2. The van der Waals surface area contributed by atoms with E-state index in [9.17, 15) is 18.0 Å². The fourth-order valence-electron chi connectivity index (χ4n) is 3.51. The maximum absolute atomic E-state index is 12.7. The molecule has 0 aliphatic carbocycles. The third kappa shape index (κ3) is 5.85. The number of rotatable bonds is 7. The fraction of sp³-hybridized carbons (Fsp3) is 0.217. The molecule has 2 heterocycles. The maximum atomic E-state index is 12.7. The van der Waals surface area contributed by atoms with Gasteiger partial charge in [-0.1, -0.05) is 24.3 Å². The van der Waals surface area contributed by atoms with Crippen LogP contribution in [-0.2, 0) is 14.8 Å². The summed E-state index contributed by atoms with van der Waals surface area (Å²) in [6.07, 6.45) is 0. The molecule has 172 valence electrons. The van der Waals surface area contributed by atoms with Crippen molar-refractivity contribution in [2.45, 2.75) is 4.90 Å². The first kappa shape index (κ1) is 23.1. The van der Waals surface area contributed by atoms with Crippen LogP contribution in [0.15, 0.2) is 77.0 Å². The zero-order valence-electron chi connectivity index (χ0n) is 17.8. The van der Waals surface area contributed by atoms with Crippen LogP contribution in [0.4, 0.5) is 11.4 Å². The van der Waals surface area contributed by atoms with E-state index in [1.807, 2.05) is 16.3 Å². The average Bonchev–Trinajstić information content (AvgIpc) is 3.37. The summed E-state index contributed by atoms with van der Waals surface area (Å²) < 4.78 is 26.9. The third-order valence-electron chi connectivity index (χ3n) is 5.25. The molecule has 1 fully saturated rings. The number of carbonyl (C=O) groups is 2. The summed E-state index contributed by atoms with van der Waals surface area (Å²) in [7, 11) is -3.51. The van der Waals surface area contributed by atoms with Gasteiger partial charge in [-0.25, -0.2) is 8.42 Å². The highest BCUT2D eigenvalue weighted by Crippen LogP contribution is 2.18. The van der Waals surface area contributed by atoms with E-state index in [0.717, 1.165) is 0 Å². The summed E-state index contributed by atoms with van der Waals surface area (Å²) in [5.74, 6) is -0.347. The van der Waals surface area contributed by atoms with Gasteiger partial charge in [-0.3, -0.25) is 14.5 Å². The molecular formula is C23H24N4O4S2. The van der Waals surface area contributed by atoms with E-state index < -0.39 is 10.0 Å². The lowest BCUT2D eigenvalue weighted by molar-refractivity contribution is -0.117. The van der Waals surface area contributed by atoms with Crippen LogP contribution in [0.3, 0.4) is 0 Å². The number of sulfonamides is 1. The van der Waals surface area contributed by atoms with Crippen molar-refractivity contribution in [3.63, 3.8) is 0 Å². The third-order valence-corrected chi connectivity index (χ3v) is 8.03. The van der Waals surface area contributed by atoms with Gasteiger partial charge in [-0.05, 0) is 47.8 Å². The number of nitrogens with zero attached hydrogens (tertiary/aromatic N) is 2. The summed E-state index contributed by atoms with van der Waals surface area (Å²) in [6.45, 7) is 1.81. The standard InChI is InChI=1S/C23H24N4O4S2/c28-22(24-18-8-10-19(11-9-18)25-23(29)21-7-4-16-32-21)17-26-12-14-27(15-13-26)33(30,31)20-5-2-1-3-6-20/h1-11,16H,12-15,17H2,(H,24,28)(H,25,29). The first-order chi connectivity index (χ1) is 15.9. The molecular weight excluding hydrogens is 460 g/mol. The molecule has 0 spiro atoms. The van der Waals surface area contributed by atoms with Gasteiger partial charge in [0.2, 0.25) is 15.9 Å². The molecule has 4 rings (SSSR count). The Hall–Kier alpha value is -3.05. The summed E-state index contributed by atoms with van der Waals surface area (Å²) in [5, 5.41) is 7.50. The van der Waals surface area contributed by atoms with Crippen LogP contribution in [0, 0.1) is 0 Å². The van der Waals surface area contributed by atoms with Crippen LogP contribution in [-0.4, -0.2) is 62.2 Å². The van der Waals surface area contributed by atoms with E-state index in [0.29, 0.717) is 42.4 Å². The van der Waals surface area contributed by atoms with Crippen LogP contribution >= 0.6 is 11.3 Å². The number of nitrogens with one attached hydrogen (secondary N) is 2. The predicted molar refractivity (Wildman–Crippen MR) is 129 cm³/mol. The molecule has 0 unspecified atom stereocenters. The average molecular weight is 485 g/mol. The van der Waals surface area contributed by atoms with Crippen LogP contribution in [0.25, 0.3) is 0 Å². The first-order valence-corrected chi connectivity index (χ1v) is 12.8. The molecule has 0 saturated carbocycles. The van der Waals surface area contributed by atoms with Crippen molar-refractivity contribution < 1.29 is 18.0 Å². The Morgan fingerprint density at radius 2 is 1.45 bits per heavy atom. The lowest BCUT2D eigenvalue weighted by Crippen LogP contribution is -2.50. The maximum Gasteiger partial charge on any atom is 0.265 e. The molecule has 1 aliphatic rings. The van der Waals surface area contributed by atoms with Crippen LogP contribution in [0.5, 0.6) is 0 Å². The quantitative estimate of drug-likeness (QED) is 0.537. The molecule has 1 aromatic heterocycles. The minimum atomic E-state index is -3.51. The number of thiophene rings is 1. The molecule has 0 radical (unpaired) electrons. The highest BCUT2D eigenvalue weighted by molar-refractivity contribution is 7.89. The SMILES string of the molecule is O=C(CN1CCN(S(=O)(=O)c2ccccc2)CC1)Nc1ccc(NC(=O)c2cccs2)cc1. The molecule has 3 aromatic rings. The van der Waals surface area contributed by atoms with Gasteiger partial charge in [0.1, 0.15) is 0 Å². The molecule has 8 nitrogen and oxygen atoms in total. The Morgan fingerprint density at radius 3 is 2.06 bits per heavy atom. The van der Waals surface area contributed by atoms with Crippen LogP contribution < -0.4 is 10.6 Å². The zero-order valence-corrected chi connectivity index (χ0v) is 19.4. The number of carbonyl (C=O) groups excluding carboxylic acids is 2. The van der Waals surface area contributed by atoms with Gasteiger partial charge in [0.25, 0.3) is 5.91 Å². The Labute approximate surface area is 196 Å². The Morgan fingerprint density at radius 1 is 0.818 bits per heavy atom. The normalized spacial score (nSPS) is 15.2. The smallest absolute Gasteiger partial charge is 0.265 e. The molecule has 2 N–H and O–H groups in total. The monoisotopic (exact) mass is 484 g/mol. The van der Waals surface area contributed by atoms with E-state index in [2.05, 4.69) is 10.6 Å². The van der Waals surface area contributed by atoms with E-state index in [1.54, 1.807) is 60.7 Å². The van der Waals surface area contributed by atoms with Gasteiger partial charge in [0.05, 0.1) is 16.3 Å². The lowest BCUT2D eigenvalue weighted by atomic mass is 10.2. The minimum Gasteiger partial charge on any atom is -0.325 e. The van der Waals surface area contributed by atoms with Gasteiger partial charge in [-0.2, -0.15) is 4.31 Å². The first-order valence-electron chi connectivity index (χ1n) is 10.4. The van der Waals surface area contributed by atoms with Crippen LogP contribution in [0.1, 0.15) is 9.67 Å². The van der Waals surface area contributed by atoms with E-state index in [1.165, 1.54) is 15.6 Å². The molecule has 2 amide bonds. The van der Waals surface area contributed by atoms with Crippen LogP contribution in [0.2, 0.25) is 0 Å². The van der Waals surface area contributed by atoms with E-state index >= 15 is 0 Å². The Balaban J connectivity index is 1.25. The second-order valence-electron chi connectivity index (χ2n) is 7.55. The summed E-state index contributed by atoms with van der Waals surface area (Å²) in [5.41, 5.74) is 1.27. The molecule has 1 saturated heterocycles. The number of hydrogen-bond acceptors (Lipinski definition) is 6. The molecule has 10 heteroatoms. The molecule has 0 atom stereocenters. The Kier molecular flexibility index (Phi) is 7.19. The van der Waals surface area contributed by atoms with Gasteiger partial charge in [-0.15, -0.1) is 11.3 Å². The predicted octanol–water partition coefficient (Wildman–Crippen LogP) is 2.95. The second-order valence-corrected chi connectivity index (χ2v) is 10.4. The molecule has 33 heavy (non-hydrogen) atoms. The summed E-state index contributed by atoms with van der Waals surface area (Å²) in [4.78, 5) is 27.4. The highest BCUT2D eigenvalue weighted by Gasteiger charge is 2.28. The zero-order chi connectivity index (χ0) is 23.3.